The first-order valence-corrected chi connectivity index (χ1v) is 10.8. The van der Waals surface area contributed by atoms with Gasteiger partial charge in [0.15, 0.2) is 0 Å². The van der Waals surface area contributed by atoms with Crippen molar-refractivity contribution in [2.45, 2.75) is 35.2 Å². The van der Waals surface area contributed by atoms with Crippen LogP contribution in [-0.2, 0) is 20.0 Å². The normalized spacial score (nSPS) is 21.0. The Labute approximate surface area is 147 Å². The van der Waals surface area contributed by atoms with Gasteiger partial charge in [-0.3, -0.25) is 0 Å². The first-order chi connectivity index (χ1) is 10.1. The molecule has 0 bridgehead atoms. The average Bonchev–Trinajstić information content (AvgIpc) is 2.81. The van der Waals surface area contributed by atoms with Crippen LogP contribution in [0.25, 0.3) is 0 Å². The second-order valence-electron chi connectivity index (χ2n) is 5.68. The molecule has 1 aliphatic rings. The number of hydrogen-bond acceptors (Lipinski definition) is 6. The van der Waals surface area contributed by atoms with E-state index < -0.39 is 20.0 Å². The van der Waals surface area contributed by atoms with Gasteiger partial charge in [0.1, 0.15) is 8.42 Å². The van der Waals surface area contributed by atoms with E-state index in [1.807, 2.05) is 20.8 Å². The zero-order valence-corrected chi connectivity index (χ0v) is 16.4. The fourth-order valence-electron chi connectivity index (χ4n) is 2.47. The van der Waals surface area contributed by atoms with Crippen molar-refractivity contribution in [1.82, 2.24) is 9.62 Å². The quantitative estimate of drug-likeness (QED) is 0.765. The Hall–Kier alpha value is -0.230. The van der Waals surface area contributed by atoms with Crippen LogP contribution in [0.15, 0.2) is 14.5 Å². The number of nitrogens with zero attached hydrogens (tertiary/aromatic N) is 1. The summed E-state index contributed by atoms with van der Waals surface area (Å²) in [5, 5.41) is 8.36. The van der Waals surface area contributed by atoms with Gasteiger partial charge >= 0.3 is 0 Å². The van der Waals surface area contributed by atoms with Gasteiger partial charge in [-0.05, 0) is 18.5 Å². The molecular weight excluding hydrogens is 382 g/mol. The summed E-state index contributed by atoms with van der Waals surface area (Å²) in [4.78, 5) is 0. The lowest BCUT2D eigenvalue weighted by Crippen LogP contribution is -2.44. The van der Waals surface area contributed by atoms with Gasteiger partial charge in [0.2, 0.25) is 10.0 Å². The van der Waals surface area contributed by atoms with Gasteiger partial charge in [-0.1, -0.05) is 20.8 Å². The average molecular weight is 404 g/mol. The molecule has 0 amide bonds. The Kier molecular flexibility index (Phi) is 6.64. The minimum absolute atomic E-state index is 0. The second-order valence-corrected chi connectivity index (χ2v) is 10.7. The second kappa shape index (κ2) is 7.34. The van der Waals surface area contributed by atoms with Crippen LogP contribution in [0.4, 0.5) is 0 Å². The number of thiophene rings is 1. The molecule has 3 N–H and O–H groups in total. The highest BCUT2D eigenvalue weighted by Crippen LogP contribution is 2.40. The third kappa shape index (κ3) is 4.25. The number of likely N-dealkylation sites (N-methyl/N-ethyl adjacent to an activating group) is 1. The molecule has 0 aliphatic carbocycles. The largest absolute Gasteiger partial charge is 0.309 e. The summed E-state index contributed by atoms with van der Waals surface area (Å²) in [7, 11) is -7.59. The maximum Gasteiger partial charge on any atom is 0.253 e. The topological polar surface area (TPSA) is 110 Å². The molecule has 7 nitrogen and oxygen atoms in total. The lowest BCUT2D eigenvalue weighted by atomic mass is 10.1. The lowest BCUT2D eigenvalue weighted by Gasteiger charge is -2.33. The highest BCUT2D eigenvalue weighted by Gasteiger charge is 2.39. The van der Waals surface area contributed by atoms with E-state index in [4.69, 9.17) is 5.14 Å². The van der Waals surface area contributed by atoms with Gasteiger partial charge in [0, 0.05) is 24.7 Å². The van der Waals surface area contributed by atoms with Gasteiger partial charge < -0.3 is 5.32 Å². The molecule has 23 heavy (non-hydrogen) atoms. The molecule has 1 aromatic rings. The fourth-order valence-corrected chi connectivity index (χ4v) is 6.90. The molecule has 0 aromatic carbocycles. The number of fused-ring (bicyclic) bond motifs is 1. The van der Waals surface area contributed by atoms with Crippen molar-refractivity contribution < 1.29 is 16.8 Å². The zero-order valence-electron chi connectivity index (χ0n) is 13.1. The van der Waals surface area contributed by atoms with E-state index in [1.165, 1.54) is 10.4 Å². The van der Waals surface area contributed by atoms with Crippen molar-refractivity contribution in [3.63, 3.8) is 0 Å². The molecule has 1 aromatic heterocycles. The predicted molar refractivity (Wildman–Crippen MR) is 93.0 cm³/mol. The Balaban J connectivity index is 0.00000264. The zero-order chi connectivity index (χ0) is 16.7. The summed E-state index contributed by atoms with van der Waals surface area (Å²) in [5.41, 5.74) is 0.496. The van der Waals surface area contributed by atoms with E-state index in [2.05, 4.69) is 5.32 Å². The van der Waals surface area contributed by atoms with E-state index in [-0.39, 0.29) is 32.8 Å². The summed E-state index contributed by atoms with van der Waals surface area (Å²) in [6, 6.07) is 1.15. The molecular formula is C12H22ClN3O4S3. The number of sulfonamides is 2. The Morgan fingerprint density at radius 1 is 1.48 bits per heavy atom. The highest BCUT2D eigenvalue weighted by molar-refractivity contribution is 7.94. The van der Waals surface area contributed by atoms with Crippen LogP contribution in [-0.4, -0.2) is 40.8 Å². The van der Waals surface area contributed by atoms with E-state index in [1.54, 1.807) is 0 Å². The molecule has 134 valence electrons. The third-order valence-electron chi connectivity index (χ3n) is 3.34. The number of halogens is 1. The van der Waals surface area contributed by atoms with Crippen molar-refractivity contribution in [3.05, 3.63) is 11.6 Å². The molecule has 0 saturated carbocycles. The summed E-state index contributed by atoms with van der Waals surface area (Å²) in [5.74, 6) is 0.177. The van der Waals surface area contributed by atoms with Crippen molar-refractivity contribution in [2.24, 2.45) is 11.1 Å². The molecule has 2 heterocycles. The molecule has 1 aliphatic heterocycles. The standard InChI is InChI=1S/C12H21N3O4S3.ClH/c1-4-14-10-7-15(6-8(2)3)22(18,19)12-9(10)5-11(20-12)21(13,16)17;/h5,8,10,14H,4,6-7H2,1-3H3,(H2,13,16,17);1H. The molecule has 0 radical (unpaired) electrons. The number of primary sulfonamides is 1. The van der Waals surface area contributed by atoms with Gasteiger partial charge in [-0.2, -0.15) is 4.31 Å². The number of nitrogens with two attached hydrogens (primary N) is 1. The first-order valence-electron chi connectivity index (χ1n) is 6.97. The minimum atomic E-state index is -3.92. The van der Waals surface area contributed by atoms with Crippen LogP contribution in [0, 0.1) is 5.92 Å². The van der Waals surface area contributed by atoms with Crippen LogP contribution in [0.5, 0.6) is 0 Å². The monoisotopic (exact) mass is 403 g/mol. The number of rotatable bonds is 5. The Morgan fingerprint density at radius 3 is 2.57 bits per heavy atom. The minimum Gasteiger partial charge on any atom is -0.309 e. The summed E-state index contributed by atoms with van der Waals surface area (Å²) >= 11 is 0.727. The van der Waals surface area contributed by atoms with Crippen LogP contribution < -0.4 is 10.5 Å². The first kappa shape index (κ1) is 20.8. The highest BCUT2D eigenvalue weighted by atomic mass is 35.5. The molecule has 0 saturated heterocycles. The summed E-state index contributed by atoms with van der Waals surface area (Å²) < 4.78 is 49.9. The van der Waals surface area contributed by atoms with Crippen molar-refractivity contribution in [1.29, 1.82) is 0 Å². The SMILES string of the molecule is CCNC1CN(CC(C)C)S(=O)(=O)c2sc(S(N)(=O)=O)cc21.Cl. The van der Waals surface area contributed by atoms with Crippen LogP contribution >= 0.6 is 23.7 Å². The van der Waals surface area contributed by atoms with E-state index in [0.717, 1.165) is 11.3 Å². The van der Waals surface area contributed by atoms with Gasteiger partial charge in [0.25, 0.3) is 10.0 Å². The third-order valence-corrected chi connectivity index (χ3v) is 8.27. The van der Waals surface area contributed by atoms with E-state index in [9.17, 15) is 16.8 Å². The Morgan fingerprint density at radius 2 is 2.09 bits per heavy atom. The van der Waals surface area contributed by atoms with Gasteiger partial charge in [-0.25, -0.2) is 22.0 Å². The molecule has 1 atom stereocenters. The fraction of sp³-hybridized carbons (Fsp3) is 0.667. The van der Waals surface area contributed by atoms with Crippen LogP contribution in [0.1, 0.15) is 32.4 Å². The summed E-state index contributed by atoms with van der Waals surface area (Å²) in [6.07, 6.45) is 0. The van der Waals surface area contributed by atoms with Gasteiger partial charge in [0.05, 0.1) is 0 Å². The molecule has 11 heteroatoms. The molecule has 0 spiro atoms. The molecule has 1 unspecified atom stereocenters. The van der Waals surface area contributed by atoms with Crippen molar-refractivity contribution >= 4 is 43.8 Å². The predicted octanol–water partition coefficient (Wildman–Crippen LogP) is 1.13. The molecule has 0 fully saturated rings. The maximum absolute atomic E-state index is 12.7. The van der Waals surface area contributed by atoms with Crippen LogP contribution in [0.2, 0.25) is 0 Å². The Bertz CT molecular complexity index is 759. The van der Waals surface area contributed by atoms with Crippen molar-refractivity contribution in [3.8, 4) is 0 Å². The maximum atomic E-state index is 12.7. The molecule has 2 rings (SSSR count). The number of nitrogens with one attached hydrogen (secondary N) is 1. The summed E-state index contributed by atoms with van der Waals surface area (Å²) in [6.45, 7) is 7.14. The van der Waals surface area contributed by atoms with Gasteiger partial charge in [-0.15, -0.1) is 23.7 Å². The van der Waals surface area contributed by atoms with Crippen molar-refractivity contribution in [2.75, 3.05) is 19.6 Å². The smallest absolute Gasteiger partial charge is 0.253 e. The van der Waals surface area contributed by atoms with E-state index >= 15 is 0 Å². The number of hydrogen-bond donors (Lipinski definition) is 2. The van der Waals surface area contributed by atoms with Crippen LogP contribution in [0.3, 0.4) is 0 Å². The lowest BCUT2D eigenvalue weighted by molar-refractivity contribution is 0.316. The van der Waals surface area contributed by atoms with E-state index in [0.29, 0.717) is 25.2 Å².